The predicted molar refractivity (Wildman–Crippen MR) is 127 cm³/mol. The Morgan fingerprint density at radius 1 is 1.11 bits per heavy atom. The zero-order chi connectivity index (χ0) is 25.7. The molecule has 6 aliphatic rings. The number of alkyl halides is 3. The summed E-state index contributed by atoms with van der Waals surface area (Å²) in [6.45, 7) is 2.19. The van der Waals surface area contributed by atoms with Crippen LogP contribution in [-0.2, 0) is 16.6 Å². The molecule has 1 saturated carbocycles. The van der Waals surface area contributed by atoms with Gasteiger partial charge >= 0.3 is 6.18 Å². The molecule has 4 heterocycles. The molecule has 37 heavy (non-hydrogen) atoms. The van der Waals surface area contributed by atoms with E-state index in [1.807, 2.05) is 6.07 Å². The normalized spacial score (nSPS) is 37.3. The number of aromatic hydroxyl groups is 1. The molecule has 0 radical (unpaired) electrons. The average Bonchev–Trinajstić information content (AvgIpc) is 3.44. The first-order valence-electron chi connectivity index (χ1n) is 13.7. The Kier molecular flexibility index (Phi) is 5.19. The standard InChI is InChI=1S/C27H34F3N3O4/c28-27(29,30)19-2-1-9-31(19)15-22(35)33-11-8-26(36)20-12-17-5-6-18(34)24-23(17)25(26,21(14-33)37-24)7-10-32(20)13-16-3-4-16/h5-6,16,19-21,34,36H,1-4,7-15H2/t19-,20-,21+,25-,26-/m1/s1. The smallest absolute Gasteiger partial charge is 0.404 e. The van der Waals surface area contributed by atoms with Crippen molar-refractivity contribution >= 4 is 5.91 Å². The van der Waals surface area contributed by atoms with E-state index in [0.29, 0.717) is 37.4 Å². The van der Waals surface area contributed by atoms with E-state index in [1.165, 1.54) is 17.7 Å². The van der Waals surface area contributed by atoms with Gasteiger partial charge in [0.2, 0.25) is 5.91 Å². The predicted octanol–water partition coefficient (Wildman–Crippen LogP) is 2.42. The lowest BCUT2D eigenvalue weighted by Crippen LogP contribution is -2.74. The highest BCUT2D eigenvalue weighted by atomic mass is 19.4. The summed E-state index contributed by atoms with van der Waals surface area (Å²) in [4.78, 5) is 18.7. The van der Waals surface area contributed by atoms with E-state index in [9.17, 15) is 28.2 Å². The summed E-state index contributed by atoms with van der Waals surface area (Å²) in [6, 6.07) is 1.87. The molecule has 0 aromatic heterocycles. The van der Waals surface area contributed by atoms with Crippen molar-refractivity contribution in [3.05, 3.63) is 23.3 Å². The van der Waals surface area contributed by atoms with Gasteiger partial charge in [-0.3, -0.25) is 14.6 Å². The molecule has 10 heteroatoms. The molecule has 2 aliphatic carbocycles. The average molecular weight is 522 g/mol. The zero-order valence-electron chi connectivity index (χ0n) is 20.8. The lowest BCUT2D eigenvalue weighted by atomic mass is 9.52. The molecule has 4 aliphatic heterocycles. The number of phenolic OH excluding ortho intramolecular Hbond substituents is 1. The Bertz CT molecular complexity index is 1130. The highest BCUT2D eigenvalue weighted by Crippen LogP contribution is 2.63. The summed E-state index contributed by atoms with van der Waals surface area (Å²) in [6.07, 6.45) is -0.413. The minimum Gasteiger partial charge on any atom is -0.504 e. The fraction of sp³-hybridized carbons (Fsp3) is 0.741. The second kappa shape index (κ2) is 7.99. The Labute approximate surface area is 214 Å². The van der Waals surface area contributed by atoms with Gasteiger partial charge in [-0.1, -0.05) is 6.07 Å². The molecule has 0 unspecified atom stereocenters. The number of aliphatic hydroxyl groups is 1. The number of piperidine rings is 1. The van der Waals surface area contributed by atoms with Crippen LogP contribution < -0.4 is 4.74 Å². The number of nitrogens with zero attached hydrogens (tertiary/aromatic N) is 3. The lowest BCUT2D eigenvalue weighted by Gasteiger charge is -2.60. The van der Waals surface area contributed by atoms with E-state index in [0.717, 1.165) is 24.2 Å². The van der Waals surface area contributed by atoms with Crippen LogP contribution in [0.15, 0.2) is 12.1 Å². The van der Waals surface area contributed by atoms with E-state index in [1.54, 1.807) is 11.0 Å². The second-order valence-corrected chi connectivity index (χ2v) is 12.1. The van der Waals surface area contributed by atoms with Gasteiger partial charge < -0.3 is 19.8 Å². The number of ether oxygens (including phenoxy) is 1. The van der Waals surface area contributed by atoms with E-state index in [-0.39, 0.29) is 50.3 Å². The molecule has 1 aromatic carbocycles. The van der Waals surface area contributed by atoms with Crippen molar-refractivity contribution in [1.29, 1.82) is 0 Å². The number of phenols is 1. The molecule has 3 saturated heterocycles. The number of halogens is 3. The maximum absolute atomic E-state index is 13.5. The van der Waals surface area contributed by atoms with Crippen LogP contribution in [0.3, 0.4) is 0 Å². The van der Waals surface area contributed by atoms with Gasteiger partial charge in [0.1, 0.15) is 12.1 Å². The minimum atomic E-state index is -4.36. The lowest BCUT2D eigenvalue weighted by molar-refractivity contribution is -0.177. The Morgan fingerprint density at radius 2 is 1.92 bits per heavy atom. The summed E-state index contributed by atoms with van der Waals surface area (Å²) >= 11 is 0. The maximum Gasteiger partial charge on any atom is 0.404 e. The molecular formula is C27H34F3N3O4. The maximum atomic E-state index is 13.5. The minimum absolute atomic E-state index is 0.0151. The number of likely N-dealkylation sites (tertiary alicyclic amines) is 3. The summed E-state index contributed by atoms with van der Waals surface area (Å²) in [5.74, 6) is 0.741. The zero-order valence-corrected chi connectivity index (χ0v) is 20.8. The van der Waals surface area contributed by atoms with Gasteiger partial charge in [0, 0.05) is 24.7 Å². The highest BCUT2D eigenvalue weighted by Gasteiger charge is 2.71. The monoisotopic (exact) mass is 521 g/mol. The fourth-order valence-electron chi connectivity index (χ4n) is 8.29. The largest absolute Gasteiger partial charge is 0.504 e. The van der Waals surface area contributed by atoms with E-state index < -0.39 is 29.3 Å². The van der Waals surface area contributed by atoms with Crippen molar-refractivity contribution in [2.75, 3.05) is 39.3 Å². The number of hydrogen-bond acceptors (Lipinski definition) is 6. The SMILES string of the molecule is O=C(CN1CCC[C@@H]1C(F)(F)F)N1CC[C@@]2(O)[C@H]3Cc4ccc(O)c5c4[C@@]2(CCN3CC2CC2)[C@H](C1)O5. The van der Waals surface area contributed by atoms with Gasteiger partial charge in [-0.2, -0.15) is 13.2 Å². The van der Waals surface area contributed by atoms with Crippen molar-refractivity contribution in [3.8, 4) is 11.5 Å². The van der Waals surface area contributed by atoms with Gasteiger partial charge in [0.25, 0.3) is 0 Å². The molecule has 7 rings (SSSR count). The van der Waals surface area contributed by atoms with Gasteiger partial charge in [0.15, 0.2) is 11.5 Å². The van der Waals surface area contributed by atoms with Crippen molar-refractivity contribution in [2.45, 2.75) is 80.3 Å². The summed E-state index contributed by atoms with van der Waals surface area (Å²) in [7, 11) is 0. The van der Waals surface area contributed by atoms with Crippen molar-refractivity contribution in [3.63, 3.8) is 0 Å². The third-order valence-corrected chi connectivity index (χ3v) is 10.2. The van der Waals surface area contributed by atoms with Crippen LogP contribution in [0.4, 0.5) is 13.2 Å². The van der Waals surface area contributed by atoms with Gasteiger partial charge in [0.05, 0.1) is 24.1 Å². The molecule has 4 fully saturated rings. The van der Waals surface area contributed by atoms with Crippen molar-refractivity contribution < 1.29 is 32.9 Å². The molecule has 7 nitrogen and oxygen atoms in total. The number of benzene rings is 1. The topological polar surface area (TPSA) is 76.5 Å². The quantitative estimate of drug-likeness (QED) is 0.634. The molecule has 2 bridgehead atoms. The number of carbonyl (C=O) groups is 1. The Balaban J connectivity index is 1.23. The van der Waals surface area contributed by atoms with E-state index in [4.69, 9.17) is 4.74 Å². The van der Waals surface area contributed by atoms with Gasteiger partial charge in [-0.15, -0.1) is 0 Å². The van der Waals surface area contributed by atoms with Crippen LogP contribution in [0.25, 0.3) is 0 Å². The molecule has 1 spiro atoms. The van der Waals surface area contributed by atoms with Crippen LogP contribution in [0.2, 0.25) is 0 Å². The third-order valence-electron chi connectivity index (χ3n) is 10.2. The van der Waals surface area contributed by atoms with Crippen LogP contribution in [0, 0.1) is 5.92 Å². The number of amides is 1. The summed E-state index contributed by atoms with van der Waals surface area (Å²) in [5, 5.41) is 23.3. The molecular weight excluding hydrogens is 487 g/mol. The third kappa shape index (κ3) is 3.40. The van der Waals surface area contributed by atoms with Crippen LogP contribution >= 0.6 is 0 Å². The Hall–Kier alpha value is -2.04. The van der Waals surface area contributed by atoms with Crippen molar-refractivity contribution in [1.82, 2.24) is 14.7 Å². The molecule has 202 valence electrons. The molecule has 1 amide bonds. The van der Waals surface area contributed by atoms with Gasteiger partial charge in [-0.25, -0.2) is 0 Å². The van der Waals surface area contributed by atoms with Crippen LogP contribution in [-0.4, -0.2) is 100 Å². The fourth-order valence-corrected chi connectivity index (χ4v) is 8.29. The number of carbonyl (C=O) groups excluding carboxylic acids is 1. The van der Waals surface area contributed by atoms with E-state index in [2.05, 4.69) is 4.90 Å². The first-order valence-corrected chi connectivity index (χ1v) is 13.7. The molecule has 1 aromatic rings. The first-order chi connectivity index (χ1) is 17.6. The summed E-state index contributed by atoms with van der Waals surface area (Å²) < 4.78 is 46.9. The first kappa shape index (κ1) is 24.0. The number of hydrogen-bond donors (Lipinski definition) is 2. The Morgan fingerprint density at radius 3 is 2.68 bits per heavy atom. The second-order valence-electron chi connectivity index (χ2n) is 12.1. The highest BCUT2D eigenvalue weighted by molar-refractivity contribution is 5.79. The van der Waals surface area contributed by atoms with Crippen LogP contribution in [0.5, 0.6) is 11.5 Å². The summed E-state index contributed by atoms with van der Waals surface area (Å²) in [5.41, 5.74) is 0.0496. The number of rotatable bonds is 4. The molecule has 5 atom stereocenters. The van der Waals surface area contributed by atoms with E-state index >= 15 is 0 Å². The van der Waals surface area contributed by atoms with Crippen molar-refractivity contribution in [2.24, 2.45) is 5.92 Å². The molecule has 2 N–H and O–H groups in total. The van der Waals surface area contributed by atoms with Gasteiger partial charge in [-0.05, 0) is 75.6 Å². The van der Waals surface area contributed by atoms with Crippen LogP contribution in [0.1, 0.15) is 49.7 Å².